The van der Waals surface area contributed by atoms with Crippen LogP contribution >= 0.6 is 0 Å². The Morgan fingerprint density at radius 1 is 1.24 bits per heavy atom. The van der Waals surface area contributed by atoms with Crippen LogP contribution in [0, 0.1) is 0 Å². The van der Waals surface area contributed by atoms with Crippen molar-refractivity contribution in [1.82, 2.24) is 4.90 Å². The molecule has 6 heteroatoms. The van der Waals surface area contributed by atoms with Gasteiger partial charge in [0.1, 0.15) is 0 Å². The van der Waals surface area contributed by atoms with Gasteiger partial charge < -0.3 is 15.4 Å². The smallest absolute Gasteiger partial charge is 0.378 e. The highest BCUT2D eigenvalue weighted by atomic mass is 19.4. The van der Waals surface area contributed by atoms with Gasteiger partial charge in [0.15, 0.2) is 0 Å². The Morgan fingerprint density at radius 3 is 2.41 bits per heavy atom. The van der Waals surface area contributed by atoms with Crippen LogP contribution in [0.4, 0.5) is 13.2 Å². The van der Waals surface area contributed by atoms with Crippen molar-refractivity contribution in [1.29, 1.82) is 0 Å². The first-order chi connectivity index (χ1) is 8.01. The average molecular weight is 254 g/mol. The first kappa shape index (κ1) is 14.7. The molecule has 0 amide bonds. The minimum Gasteiger partial charge on any atom is -0.378 e. The maximum absolute atomic E-state index is 12.0. The van der Waals surface area contributed by atoms with E-state index >= 15 is 0 Å². The fourth-order valence-electron chi connectivity index (χ4n) is 1.92. The van der Waals surface area contributed by atoms with E-state index in [0.29, 0.717) is 26.2 Å². The van der Waals surface area contributed by atoms with Gasteiger partial charge in [0.05, 0.1) is 12.5 Å². The number of nitrogens with zero attached hydrogens (tertiary/aromatic N) is 1. The summed E-state index contributed by atoms with van der Waals surface area (Å²) >= 11 is 0. The van der Waals surface area contributed by atoms with Crippen molar-refractivity contribution in [2.75, 3.05) is 32.8 Å². The highest BCUT2D eigenvalue weighted by Crippen LogP contribution is 2.21. The quantitative estimate of drug-likeness (QED) is 0.734. The predicted octanol–water partition coefficient (Wildman–Crippen LogP) is 1.77. The largest absolute Gasteiger partial charge is 0.390 e. The Balaban J connectivity index is 2.09. The Bertz CT molecular complexity index is 203. The van der Waals surface area contributed by atoms with E-state index in [1.54, 1.807) is 0 Å². The number of hydrogen-bond acceptors (Lipinski definition) is 3. The van der Waals surface area contributed by atoms with Crippen LogP contribution in [0.2, 0.25) is 0 Å². The van der Waals surface area contributed by atoms with Crippen molar-refractivity contribution in [3.63, 3.8) is 0 Å². The summed E-state index contributed by atoms with van der Waals surface area (Å²) in [6.45, 7) is 2.78. The van der Waals surface area contributed by atoms with Crippen LogP contribution in [0.3, 0.4) is 0 Å². The van der Waals surface area contributed by atoms with Crippen LogP contribution in [0.5, 0.6) is 0 Å². The normalized spacial score (nSPS) is 19.8. The summed E-state index contributed by atoms with van der Waals surface area (Å²) in [6.07, 6.45) is -2.08. The predicted molar refractivity (Wildman–Crippen MR) is 59.8 cm³/mol. The molecular weight excluding hydrogens is 233 g/mol. The first-order valence-corrected chi connectivity index (χ1v) is 6.12. The molecule has 1 aliphatic rings. The molecule has 0 aromatic rings. The Labute approximate surface area is 100 Å². The molecule has 1 rings (SSSR count). The molecular formula is C11H21F3N2O. The molecule has 0 radical (unpaired) electrons. The summed E-state index contributed by atoms with van der Waals surface area (Å²) in [5.74, 6) is 0. The molecule has 0 bridgehead atoms. The molecule has 0 atom stereocenters. The molecule has 0 aromatic heterocycles. The van der Waals surface area contributed by atoms with Crippen LogP contribution in [0.1, 0.15) is 25.7 Å². The molecule has 17 heavy (non-hydrogen) atoms. The summed E-state index contributed by atoms with van der Waals surface area (Å²) < 4.78 is 41.7. The summed E-state index contributed by atoms with van der Waals surface area (Å²) in [6, 6.07) is 0. The van der Waals surface area contributed by atoms with Crippen molar-refractivity contribution >= 4 is 0 Å². The van der Waals surface area contributed by atoms with Gasteiger partial charge in [-0.05, 0) is 25.8 Å². The van der Waals surface area contributed by atoms with Crippen molar-refractivity contribution < 1.29 is 17.9 Å². The number of piperidine rings is 1. The molecule has 2 N–H and O–H groups in total. The van der Waals surface area contributed by atoms with Gasteiger partial charge >= 0.3 is 6.18 Å². The Kier molecular flexibility index (Phi) is 6.22. The summed E-state index contributed by atoms with van der Waals surface area (Å²) in [4.78, 5) is 1.86. The van der Waals surface area contributed by atoms with Crippen LogP contribution in [0.25, 0.3) is 0 Å². The molecule has 0 unspecified atom stereocenters. The highest BCUT2D eigenvalue weighted by molar-refractivity contribution is 4.73. The number of alkyl halides is 3. The maximum atomic E-state index is 12.0. The SMILES string of the molecule is NCCCOC1CCN(CCC(F)(F)F)CC1. The fraction of sp³-hybridized carbons (Fsp3) is 1.00. The summed E-state index contributed by atoms with van der Waals surface area (Å²) in [7, 11) is 0. The maximum Gasteiger partial charge on any atom is 0.390 e. The van der Waals surface area contributed by atoms with E-state index in [1.807, 2.05) is 4.90 Å². The molecule has 0 saturated carbocycles. The van der Waals surface area contributed by atoms with Crippen LogP contribution in [-0.2, 0) is 4.74 Å². The highest BCUT2D eigenvalue weighted by Gasteiger charge is 2.29. The minimum absolute atomic E-state index is 0.110. The molecule has 1 heterocycles. The van der Waals surface area contributed by atoms with Gasteiger partial charge in [-0.1, -0.05) is 0 Å². The van der Waals surface area contributed by atoms with Crippen molar-refractivity contribution in [2.24, 2.45) is 5.73 Å². The van der Waals surface area contributed by atoms with Crippen LogP contribution in [-0.4, -0.2) is 50.0 Å². The number of ether oxygens (including phenoxy) is 1. The molecule has 1 fully saturated rings. The third-order valence-corrected chi connectivity index (χ3v) is 2.95. The fourth-order valence-corrected chi connectivity index (χ4v) is 1.92. The molecule has 0 spiro atoms. The number of halogens is 3. The number of rotatable bonds is 6. The third-order valence-electron chi connectivity index (χ3n) is 2.95. The van der Waals surface area contributed by atoms with E-state index in [0.717, 1.165) is 19.3 Å². The van der Waals surface area contributed by atoms with Gasteiger partial charge in [0.25, 0.3) is 0 Å². The standard InChI is InChI=1S/C11H21F3N2O/c12-11(13,14)4-8-16-6-2-10(3-7-16)17-9-1-5-15/h10H,1-9,15H2. The van der Waals surface area contributed by atoms with E-state index in [2.05, 4.69) is 0 Å². The zero-order chi connectivity index (χ0) is 12.7. The van der Waals surface area contributed by atoms with Crippen molar-refractivity contribution in [3.05, 3.63) is 0 Å². The van der Waals surface area contributed by atoms with E-state index in [1.165, 1.54) is 0 Å². The number of likely N-dealkylation sites (tertiary alicyclic amines) is 1. The lowest BCUT2D eigenvalue weighted by Gasteiger charge is -2.32. The van der Waals surface area contributed by atoms with Gasteiger partial charge in [-0.3, -0.25) is 0 Å². The lowest BCUT2D eigenvalue weighted by atomic mass is 10.1. The second-order valence-corrected chi connectivity index (χ2v) is 4.42. The molecule has 1 aliphatic heterocycles. The number of nitrogens with two attached hydrogens (primary N) is 1. The van der Waals surface area contributed by atoms with E-state index in [4.69, 9.17) is 10.5 Å². The first-order valence-electron chi connectivity index (χ1n) is 6.12. The van der Waals surface area contributed by atoms with E-state index in [-0.39, 0.29) is 12.6 Å². The Morgan fingerprint density at radius 2 is 1.88 bits per heavy atom. The second-order valence-electron chi connectivity index (χ2n) is 4.42. The average Bonchev–Trinajstić information content (AvgIpc) is 2.27. The van der Waals surface area contributed by atoms with E-state index in [9.17, 15) is 13.2 Å². The molecule has 3 nitrogen and oxygen atoms in total. The van der Waals surface area contributed by atoms with Gasteiger partial charge in [0.2, 0.25) is 0 Å². The second kappa shape index (κ2) is 7.18. The number of hydrogen-bond donors (Lipinski definition) is 1. The zero-order valence-corrected chi connectivity index (χ0v) is 10.0. The minimum atomic E-state index is -4.05. The zero-order valence-electron chi connectivity index (χ0n) is 10.0. The molecule has 0 aromatic carbocycles. The summed E-state index contributed by atoms with van der Waals surface area (Å²) in [5.41, 5.74) is 5.35. The lowest BCUT2D eigenvalue weighted by molar-refractivity contribution is -0.139. The molecule has 1 saturated heterocycles. The lowest BCUT2D eigenvalue weighted by Crippen LogP contribution is -2.38. The van der Waals surface area contributed by atoms with Crippen LogP contribution < -0.4 is 5.73 Å². The van der Waals surface area contributed by atoms with Crippen molar-refractivity contribution in [3.8, 4) is 0 Å². The third kappa shape index (κ3) is 6.85. The van der Waals surface area contributed by atoms with Gasteiger partial charge in [0, 0.05) is 26.2 Å². The Hall–Kier alpha value is -0.330. The molecule has 102 valence electrons. The van der Waals surface area contributed by atoms with Gasteiger partial charge in [-0.15, -0.1) is 0 Å². The molecule has 0 aliphatic carbocycles. The van der Waals surface area contributed by atoms with Gasteiger partial charge in [-0.2, -0.15) is 13.2 Å². The monoisotopic (exact) mass is 254 g/mol. The van der Waals surface area contributed by atoms with E-state index < -0.39 is 12.6 Å². The topological polar surface area (TPSA) is 38.5 Å². The van der Waals surface area contributed by atoms with Crippen LogP contribution in [0.15, 0.2) is 0 Å². The van der Waals surface area contributed by atoms with Crippen molar-refractivity contribution in [2.45, 2.75) is 38.0 Å². The summed E-state index contributed by atoms with van der Waals surface area (Å²) in [5, 5.41) is 0. The van der Waals surface area contributed by atoms with Gasteiger partial charge in [-0.25, -0.2) is 0 Å².